The maximum atomic E-state index is 12.4. The van der Waals surface area contributed by atoms with Crippen LogP contribution >= 0.6 is 11.8 Å². The first-order valence-electron chi connectivity index (χ1n) is 8.31. The smallest absolute Gasteiger partial charge is 0.233 e. The molecule has 0 saturated heterocycles. The molecule has 0 heterocycles. The molecule has 0 saturated carbocycles. The molecule has 0 aliphatic heterocycles. The van der Waals surface area contributed by atoms with Crippen molar-refractivity contribution >= 4 is 17.7 Å². The largest absolute Gasteiger partial charge is 0.497 e. The van der Waals surface area contributed by atoms with Crippen molar-refractivity contribution in [2.24, 2.45) is 0 Å². The molecule has 2 atom stereocenters. The highest BCUT2D eigenvalue weighted by Gasteiger charge is 2.19. The fourth-order valence-corrected chi connectivity index (χ4v) is 3.44. The predicted molar refractivity (Wildman–Crippen MR) is 104 cm³/mol. The molecule has 5 heteroatoms. The molecule has 0 radical (unpaired) electrons. The van der Waals surface area contributed by atoms with Crippen molar-refractivity contribution in [2.45, 2.75) is 23.1 Å². The van der Waals surface area contributed by atoms with Crippen molar-refractivity contribution in [2.75, 3.05) is 27.7 Å². The fourth-order valence-electron chi connectivity index (χ4n) is 2.52. The predicted octanol–water partition coefficient (Wildman–Crippen LogP) is 3.59. The van der Waals surface area contributed by atoms with Crippen LogP contribution in [-0.2, 0) is 4.79 Å². The van der Waals surface area contributed by atoms with Gasteiger partial charge in [0.05, 0.1) is 18.4 Å². The highest BCUT2D eigenvalue weighted by molar-refractivity contribution is 8.00. The van der Waals surface area contributed by atoms with Crippen LogP contribution < -0.4 is 10.1 Å². The highest BCUT2D eigenvalue weighted by Crippen LogP contribution is 2.24. The van der Waals surface area contributed by atoms with Gasteiger partial charge in [0, 0.05) is 11.4 Å². The second kappa shape index (κ2) is 9.49. The van der Waals surface area contributed by atoms with Gasteiger partial charge in [-0.05, 0) is 50.8 Å². The molecule has 1 N–H and O–H groups in total. The van der Waals surface area contributed by atoms with Crippen LogP contribution in [0.2, 0.25) is 0 Å². The summed E-state index contributed by atoms with van der Waals surface area (Å²) < 4.78 is 5.21. The Morgan fingerprint density at radius 1 is 1.12 bits per heavy atom. The number of thioether (sulfide) groups is 1. The molecule has 1 amide bonds. The van der Waals surface area contributed by atoms with Gasteiger partial charge in [0.2, 0.25) is 5.91 Å². The lowest BCUT2D eigenvalue weighted by Crippen LogP contribution is -2.38. The van der Waals surface area contributed by atoms with E-state index in [2.05, 4.69) is 10.2 Å². The third kappa shape index (κ3) is 5.80. The number of hydrogen-bond donors (Lipinski definition) is 1. The van der Waals surface area contributed by atoms with E-state index in [1.807, 2.05) is 75.6 Å². The molecule has 2 aromatic rings. The molecule has 0 spiro atoms. The van der Waals surface area contributed by atoms with Crippen LogP contribution in [0.15, 0.2) is 59.5 Å². The Hall–Kier alpha value is -1.98. The lowest BCUT2D eigenvalue weighted by Gasteiger charge is -2.26. The molecule has 0 bridgehead atoms. The van der Waals surface area contributed by atoms with E-state index < -0.39 is 0 Å². The van der Waals surface area contributed by atoms with Crippen molar-refractivity contribution in [1.29, 1.82) is 0 Å². The van der Waals surface area contributed by atoms with Crippen molar-refractivity contribution < 1.29 is 9.53 Å². The molecule has 4 nitrogen and oxygen atoms in total. The fraction of sp³-hybridized carbons (Fsp3) is 0.350. The first-order valence-corrected chi connectivity index (χ1v) is 9.19. The highest BCUT2D eigenvalue weighted by atomic mass is 32.2. The summed E-state index contributed by atoms with van der Waals surface area (Å²) in [4.78, 5) is 15.6. The number of methoxy groups -OCH3 is 1. The second-order valence-electron chi connectivity index (χ2n) is 6.07. The minimum atomic E-state index is -0.138. The molecule has 134 valence electrons. The standard InChI is InChI=1S/C20H26N2O2S/c1-15(25-18-8-6-5-7-9-18)20(23)21-14-19(22(2)3)16-10-12-17(24-4)13-11-16/h5-13,15,19H,14H2,1-4H3,(H,21,23). The van der Waals surface area contributed by atoms with Crippen LogP contribution in [0.4, 0.5) is 0 Å². The van der Waals surface area contributed by atoms with E-state index in [0.29, 0.717) is 6.54 Å². The Kier molecular flexibility index (Phi) is 7.34. The average Bonchev–Trinajstić information content (AvgIpc) is 2.62. The molecular weight excluding hydrogens is 332 g/mol. The number of carbonyl (C=O) groups excluding carboxylic acids is 1. The van der Waals surface area contributed by atoms with Crippen LogP contribution in [0.1, 0.15) is 18.5 Å². The lowest BCUT2D eigenvalue weighted by atomic mass is 10.1. The summed E-state index contributed by atoms with van der Waals surface area (Å²) in [5.74, 6) is 0.882. The van der Waals surface area contributed by atoms with Gasteiger partial charge in [-0.2, -0.15) is 0 Å². The van der Waals surface area contributed by atoms with E-state index in [-0.39, 0.29) is 17.2 Å². The normalized spacial score (nSPS) is 13.3. The van der Waals surface area contributed by atoms with E-state index in [9.17, 15) is 4.79 Å². The van der Waals surface area contributed by atoms with Crippen LogP contribution in [0, 0.1) is 0 Å². The van der Waals surface area contributed by atoms with Crippen LogP contribution in [0.5, 0.6) is 5.75 Å². The van der Waals surface area contributed by atoms with Crippen molar-refractivity contribution in [3.63, 3.8) is 0 Å². The first-order chi connectivity index (χ1) is 12.0. The number of rotatable bonds is 8. The first kappa shape index (κ1) is 19.3. The van der Waals surface area contributed by atoms with Gasteiger partial charge >= 0.3 is 0 Å². The zero-order chi connectivity index (χ0) is 18.2. The minimum absolute atomic E-state index is 0.0502. The number of nitrogens with one attached hydrogen (secondary N) is 1. The van der Waals surface area contributed by atoms with Crippen molar-refractivity contribution in [1.82, 2.24) is 10.2 Å². The van der Waals surface area contributed by atoms with Gasteiger partial charge in [0.15, 0.2) is 0 Å². The van der Waals surface area contributed by atoms with E-state index in [4.69, 9.17) is 4.74 Å². The van der Waals surface area contributed by atoms with Crippen molar-refractivity contribution in [3.8, 4) is 5.75 Å². The number of carbonyl (C=O) groups is 1. The number of likely N-dealkylation sites (N-methyl/N-ethyl adjacent to an activating group) is 1. The Balaban J connectivity index is 1.94. The van der Waals surface area contributed by atoms with Gasteiger partial charge in [0.25, 0.3) is 0 Å². The van der Waals surface area contributed by atoms with Gasteiger partial charge in [-0.3, -0.25) is 4.79 Å². The minimum Gasteiger partial charge on any atom is -0.497 e. The number of hydrogen-bond acceptors (Lipinski definition) is 4. The number of nitrogens with zero attached hydrogens (tertiary/aromatic N) is 1. The topological polar surface area (TPSA) is 41.6 Å². The maximum absolute atomic E-state index is 12.4. The molecule has 0 aliphatic carbocycles. The zero-order valence-electron chi connectivity index (χ0n) is 15.2. The monoisotopic (exact) mass is 358 g/mol. The van der Waals surface area contributed by atoms with Gasteiger partial charge in [-0.25, -0.2) is 0 Å². The van der Waals surface area contributed by atoms with Crippen LogP contribution in [0.25, 0.3) is 0 Å². The SMILES string of the molecule is COc1ccc(C(CNC(=O)C(C)Sc2ccccc2)N(C)C)cc1. The quantitative estimate of drug-likeness (QED) is 0.732. The van der Waals surface area contributed by atoms with Gasteiger partial charge in [-0.15, -0.1) is 11.8 Å². The number of amides is 1. The average molecular weight is 359 g/mol. The zero-order valence-corrected chi connectivity index (χ0v) is 16.0. The third-order valence-electron chi connectivity index (χ3n) is 4.02. The summed E-state index contributed by atoms with van der Waals surface area (Å²) in [6, 6.07) is 18.1. The third-order valence-corrected chi connectivity index (χ3v) is 5.13. The number of ether oxygens (including phenoxy) is 1. The Labute approximate surface area is 154 Å². The second-order valence-corrected chi connectivity index (χ2v) is 7.49. The molecule has 0 aliphatic rings. The number of benzene rings is 2. The molecule has 2 unspecified atom stereocenters. The van der Waals surface area contributed by atoms with Crippen LogP contribution in [0.3, 0.4) is 0 Å². The Morgan fingerprint density at radius 2 is 1.76 bits per heavy atom. The summed E-state index contributed by atoms with van der Waals surface area (Å²) in [5.41, 5.74) is 1.15. The molecule has 25 heavy (non-hydrogen) atoms. The Morgan fingerprint density at radius 3 is 2.32 bits per heavy atom. The Bertz CT molecular complexity index is 659. The molecule has 0 fully saturated rings. The summed E-state index contributed by atoms with van der Waals surface area (Å²) in [5, 5.41) is 2.94. The van der Waals surface area contributed by atoms with E-state index in [1.165, 1.54) is 0 Å². The molecule has 2 aromatic carbocycles. The molecule has 2 rings (SSSR count). The van der Waals surface area contributed by atoms with Crippen molar-refractivity contribution in [3.05, 3.63) is 60.2 Å². The lowest BCUT2D eigenvalue weighted by molar-refractivity contribution is -0.120. The molecule has 0 aromatic heterocycles. The summed E-state index contributed by atoms with van der Waals surface area (Å²) in [6.45, 7) is 2.50. The van der Waals surface area contributed by atoms with E-state index in [0.717, 1.165) is 16.2 Å². The summed E-state index contributed by atoms with van der Waals surface area (Å²) in [6.07, 6.45) is 0. The summed E-state index contributed by atoms with van der Waals surface area (Å²) in [7, 11) is 5.69. The van der Waals surface area contributed by atoms with E-state index >= 15 is 0 Å². The molecular formula is C20H26N2O2S. The summed E-state index contributed by atoms with van der Waals surface area (Å²) >= 11 is 1.57. The van der Waals surface area contributed by atoms with Gasteiger partial charge in [-0.1, -0.05) is 30.3 Å². The van der Waals surface area contributed by atoms with Gasteiger partial charge < -0.3 is 15.0 Å². The maximum Gasteiger partial charge on any atom is 0.233 e. The van der Waals surface area contributed by atoms with E-state index in [1.54, 1.807) is 18.9 Å². The van der Waals surface area contributed by atoms with Gasteiger partial charge in [0.1, 0.15) is 5.75 Å². The van der Waals surface area contributed by atoms with Crippen LogP contribution in [-0.4, -0.2) is 43.8 Å².